The Hall–Kier alpha value is -2.53. The van der Waals surface area contributed by atoms with Gasteiger partial charge in [0, 0.05) is 16.5 Å². The number of carbonyl (C=O) groups excluding carboxylic acids is 1. The van der Waals surface area contributed by atoms with E-state index in [1.807, 2.05) is 0 Å². The zero-order valence-corrected chi connectivity index (χ0v) is 19.7. The number of methoxy groups -OCH3 is 1. The summed E-state index contributed by atoms with van der Waals surface area (Å²) in [7, 11) is -2.41. The maximum atomic E-state index is 12.7. The maximum absolute atomic E-state index is 12.7. The number of carbonyl (C=O) groups is 1. The van der Waals surface area contributed by atoms with Crippen molar-refractivity contribution in [3.05, 3.63) is 63.9 Å². The van der Waals surface area contributed by atoms with E-state index < -0.39 is 21.8 Å². The van der Waals surface area contributed by atoms with E-state index in [4.69, 9.17) is 27.9 Å². The lowest BCUT2D eigenvalue weighted by Gasteiger charge is -2.16. The molecule has 0 radical (unpaired) electrons. The first-order chi connectivity index (χ1) is 15.2. The largest absolute Gasteiger partial charge is 0.497 e. The summed E-state index contributed by atoms with van der Waals surface area (Å²) < 4.78 is 32.8. The second-order valence-corrected chi connectivity index (χ2v) is 9.37. The molecule has 0 saturated heterocycles. The third kappa shape index (κ3) is 5.83. The summed E-state index contributed by atoms with van der Waals surface area (Å²) in [5.74, 6) is 0.460. The molecule has 1 atom stereocenters. The van der Waals surface area contributed by atoms with Crippen molar-refractivity contribution in [3.8, 4) is 5.75 Å². The van der Waals surface area contributed by atoms with Gasteiger partial charge in [0.1, 0.15) is 12.3 Å². The van der Waals surface area contributed by atoms with Crippen molar-refractivity contribution in [1.29, 1.82) is 0 Å². The molecule has 3 aromatic rings. The number of ketones is 1. The van der Waals surface area contributed by atoms with Gasteiger partial charge in [0.05, 0.1) is 18.0 Å². The van der Waals surface area contributed by atoms with Gasteiger partial charge in [-0.2, -0.15) is 4.80 Å². The predicted octanol–water partition coefficient (Wildman–Crippen LogP) is 2.91. The molecular weight excluding hydrogens is 477 g/mol. The van der Waals surface area contributed by atoms with Gasteiger partial charge in [-0.05, 0) is 53.6 Å². The molecule has 1 aromatic heterocycles. The number of rotatable bonds is 10. The van der Waals surface area contributed by atoms with Gasteiger partial charge in [0.25, 0.3) is 0 Å². The van der Waals surface area contributed by atoms with Crippen molar-refractivity contribution >= 4 is 39.0 Å². The summed E-state index contributed by atoms with van der Waals surface area (Å²) in [5, 5.41) is 12.9. The van der Waals surface area contributed by atoms with E-state index in [0.717, 1.165) is 4.80 Å². The van der Waals surface area contributed by atoms with E-state index in [1.165, 1.54) is 31.4 Å². The van der Waals surface area contributed by atoms with Crippen LogP contribution < -0.4 is 9.46 Å². The summed E-state index contributed by atoms with van der Waals surface area (Å²) >= 11 is 12.3. The average Bonchev–Trinajstić information content (AvgIpc) is 3.21. The van der Waals surface area contributed by atoms with Crippen molar-refractivity contribution in [1.82, 2.24) is 24.9 Å². The zero-order valence-electron chi connectivity index (χ0n) is 17.3. The van der Waals surface area contributed by atoms with Crippen LogP contribution in [0.4, 0.5) is 0 Å². The zero-order chi connectivity index (χ0) is 23.3. The highest BCUT2D eigenvalue weighted by molar-refractivity contribution is 7.89. The van der Waals surface area contributed by atoms with Crippen LogP contribution in [0.5, 0.6) is 5.75 Å². The summed E-state index contributed by atoms with van der Waals surface area (Å²) in [5.41, 5.74) is 0.653. The molecule has 1 unspecified atom stereocenters. The molecular formula is C20H21Cl2N5O4S. The molecule has 170 valence electrons. The Morgan fingerprint density at radius 1 is 1.16 bits per heavy atom. The maximum Gasteiger partial charge on any atom is 0.241 e. The Bertz CT molecular complexity index is 1180. The van der Waals surface area contributed by atoms with Crippen LogP contribution in [0.1, 0.15) is 24.7 Å². The van der Waals surface area contributed by atoms with Crippen LogP contribution in [0.2, 0.25) is 10.0 Å². The molecule has 0 spiro atoms. The molecule has 1 heterocycles. The minimum Gasteiger partial charge on any atom is -0.497 e. The van der Waals surface area contributed by atoms with Gasteiger partial charge in [0.2, 0.25) is 10.0 Å². The predicted molar refractivity (Wildman–Crippen MR) is 119 cm³/mol. The SMILES string of the molecule is CCC(NS(=O)(=O)c1ccc(OC)cc1)C(=O)Cn1nnc(Cc2c(Cl)cccc2Cl)n1. The minimum atomic E-state index is -3.90. The molecule has 0 amide bonds. The molecule has 0 fully saturated rings. The second-order valence-electron chi connectivity index (χ2n) is 6.84. The van der Waals surface area contributed by atoms with Crippen molar-refractivity contribution in [3.63, 3.8) is 0 Å². The highest BCUT2D eigenvalue weighted by Crippen LogP contribution is 2.25. The summed E-state index contributed by atoms with van der Waals surface area (Å²) in [6.07, 6.45) is 0.499. The molecule has 0 aliphatic carbocycles. The quantitative estimate of drug-likeness (QED) is 0.457. The molecule has 0 saturated carbocycles. The Balaban J connectivity index is 1.67. The molecule has 12 heteroatoms. The number of halogens is 2. The van der Waals surface area contributed by atoms with Gasteiger partial charge < -0.3 is 4.74 Å². The normalized spacial score (nSPS) is 12.5. The van der Waals surface area contributed by atoms with Gasteiger partial charge in [-0.1, -0.05) is 36.2 Å². The number of tetrazole rings is 1. The van der Waals surface area contributed by atoms with Crippen LogP contribution >= 0.6 is 23.2 Å². The number of sulfonamides is 1. The molecule has 32 heavy (non-hydrogen) atoms. The highest BCUT2D eigenvalue weighted by atomic mass is 35.5. The fourth-order valence-corrected chi connectivity index (χ4v) is 4.74. The summed E-state index contributed by atoms with van der Waals surface area (Å²) in [6.45, 7) is 1.46. The van der Waals surface area contributed by atoms with Crippen LogP contribution in [0.15, 0.2) is 47.4 Å². The van der Waals surface area contributed by atoms with E-state index in [-0.39, 0.29) is 24.3 Å². The Morgan fingerprint density at radius 2 is 1.81 bits per heavy atom. The van der Waals surface area contributed by atoms with E-state index in [0.29, 0.717) is 27.2 Å². The van der Waals surface area contributed by atoms with Crippen molar-refractivity contribution < 1.29 is 17.9 Å². The third-order valence-electron chi connectivity index (χ3n) is 4.65. The fraction of sp³-hybridized carbons (Fsp3) is 0.300. The van der Waals surface area contributed by atoms with E-state index >= 15 is 0 Å². The van der Waals surface area contributed by atoms with E-state index in [9.17, 15) is 13.2 Å². The van der Waals surface area contributed by atoms with Gasteiger partial charge in [-0.3, -0.25) is 4.79 Å². The lowest BCUT2D eigenvalue weighted by Crippen LogP contribution is -2.42. The first-order valence-corrected chi connectivity index (χ1v) is 11.9. The second kappa shape index (κ2) is 10.4. The third-order valence-corrected chi connectivity index (χ3v) is 6.85. The smallest absolute Gasteiger partial charge is 0.241 e. The monoisotopic (exact) mass is 497 g/mol. The number of ether oxygens (including phenoxy) is 1. The average molecular weight is 498 g/mol. The van der Waals surface area contributed by atoms with Crippen molar-refractivity contribution in [2.45, 2.75) is 37.2 Å². The summed E-state index contributed by atoms with van der Waals surface area (Å²) in [4.78, 5) is 13.9. The standard InChI is InChI=1S/C20H21Cl2N5O4S/c1-3-18(25-32(29,30)14-9-7-13(31-2)8-10-14)19(28)12-27-24-20(23-26-27)11-15-16(21)5-4-6-17(15)22/h4-10,18,25H,3,11-12H2,1-2H3. The van der Waals surface area contributed by atoms with Gasteiger partial charge in [0.15, 0.2) is 11.6 Å². The topological polar surface area (TPSA) is 116 Å². The number of aromatic nitrogens is 4. The summed E-state index contributed by atoms with van der Waals surface area (Å²) in [6, 6.07) is 10.1. The Labute approximate surface area is 195 Å². The van der Waals surface area contributed by atoms with Gasteiger partial charge >= 0.3 is 0 Å². The number of nitrogens with one attached hydrogen (secondary N) is 1. The van der Waals surface area contributed by atoms with Crippen LogP contribution in [-0.2, 0) is 27.8 Å². The number of benzene rings is 2. The molecule has 1 N–H and O–H groups in total. The first-order valence-electron chi connectivity index (χ1n) is 9.62. The van der Waals surface area contributed by atoms with E-state index in [2.05, 4.69) is 20.1 Å². The lowest BCUT2D eigenvalue weighted by molar-refractivity contribution is -0.121. The Kier molecular flexibility index (Phi) is 7.83. The van der Waals surface area contributed by atoms with Gasteiger partial charge in [-0.25, -0.2) is 13.1 Å². The molecule has 0 bridgehead atoms. The first kappa shape index (κ1) is 24.1. The number of Topliss-reactive ketones (excluding diaryl/α,β-unsaturated/α-hetero) is 1. The Morgan fingerprint density at radius 3 is 2.41 bits per heavy atom. The number of nitrogens with zero attached hydrogens (tertiary/aromatic N) is 4. The van der Waals surface area contributed by atoms with Crippen LogP contribution in [-0.4, -0.2) is 47.6 Å². The molecule has 3 rings (SSSR count). The lowest BCUT2D eigenvalue weighted by atomic mass is 10.1. The van der Waals surface area contributed by atoms with Crippen LogP contribution in [0.25, 0.3) is 0 Å². The van der Waals surface area contributed by atoms with Crippen LogP contribution in [0, 0.1) is 0 Å². The fourth-order valence-electron chi connectivity index (χ4n) is 2.91. The van der Waals surface area contributed by atoms with Gasteiger partial charge in [-0.15, -0.1) is 10.2 Å². The number of hydrogen-bond donors (Lipinski definition) is 1. The van der Waals surface area contributed by atoms with Crippen LogP contribution in [0.3, 0.4) is 0 Å². The number of hydrogen-bond acceptors (Lipinski definition) is 7. The van der Waals surface area contributed by atoms with E-state index in [1.54, 1.807) is 25.1 Å². The molecule has 0 aliphatic heterocycles. The van der Waals surface area contributed by atoms with Crippen molar-refractivity contribution in [2.75, 3.05) is 7.11 Å². The molecule has 2 aromatic carbocycles. The molecule has 0 aliphatic rings. The highest BCUT2D eigenvalue weighted by Gasteiger charge is 2.25. The molecule has 9 nitrogen and oxygen atoms in total. The van der Waals surface area contributed by atoms with Crippen molar-refractivity contribution in [2.24, 2.45) is 0 Å². The minimum absolute atomic E-state index is 0.0299.